The number of hydrogen-bond donors (Lipinski definition) is 1. The molecule has 1 N–H and O–H groups in total. The lowest BCUT2D eigenvalue weighted by atomic mass is 10.1. The van der Waals surface area contributed by atoms with E-state index in [1.54, 1.807) is 24.0 Å². The van der Waals surface area contributed by atoms with Gasteiger partial charge < -0.3 is 14.7 Å². The van der Waals surface area contributed by atoms with Gasteiger partial charge in [-0.1, -0.05) is 35.5 Å². The van der Waals surface area contributed by atoms with Gasteiger partial charge in [0.15, 0.2) is 5.82 Å². The summed E-state index contributed by atoms with van der Waals surface area (Å²) in [6.07, 6.45) is 0.234. The van der Waals surface area contributed by atoms with E-state index in [-0.39, 0.29) is 24.2 Å². The summed E-state index contributed by atoms with van der Waals surface area (Å²) in [5, 5.41) is 6.66. The molecular formula is C21H20N4O3. The third kappa shape index (κ3) is 3.93. The zero-order chi connectivity index (χ0) is 19.5. The van der Waals surface area contributed by atoms with Crippen LogP contribution in [0.25, 0.3) is 11.5 Å². The van der Waals surface area contributed by atoms with Crippen molar-refractivity contribution in [3.8, 4) is 11.5 Å². The van der Waals surface area contributed by atoms with Crippen LogP contribution in [0.1, 0.15) is 17.8 Å². The Morgan fingerprint density at radius 3 is 2.61 bits per heavy atom. The molecule has 0 radical (unpaired) electrons. The normalized spacial score (nSPS) is 16.4. The molecular weight excluding hydrogens is 356 g/mol. The zero-order valence-electron chi connectivity index (χ0n) is 15.5. The predicted molar refractivity (Wildman–Crippen MR) is 103 cm³/mol. The maximum Gasteiger partial charge on any atom is 0.257 e. The number of amides is 2. The van der Waals surface area contributed by atoms with Crippen LogP contribution in [0, 0.1) is 12.8 Å². The van der Waals surface area contributed by atoms with Crippen molar-refractivity contribution in [1.29, 1.82) is 0 Å². The SMILES string of the molecule is Cc1noc(-c2ccc(NC(=O)C3CC(=O)N(Cc4ccccc4)C3)cc2)n1. The molecule has 3 aromatic rings. The number of carbonyl (C=O) groups is 2. The van der Waals surface area contributed by atoms with E-state index in [0.717, 1.165) is 11.1 Å². The molecule has 1 fully saturated rings. The van der Waals surface area contributed by atoms with Gasteiger partial charge in [0.05, 0.1) is 5.92 Å². The van der Waals surface area contributed by atoms with Crippen molar-refractivity contribution in [3.63, 3.8) is 0 Å². The number of nitrogens with one attached hydrogen (secondary N) is 1. The van der Waals surface area contributed by atoms with Crippen LogP contribution >= 0.6 is 0 Å². The quantitative estimate of drug-likeness (QED) is 0.739. The molecule has 1 aliphatic heterocycles. The van der Waals surface area contributed by atoms with Crippen molar-refractivity contribution in [2.45, 2.75) is 19.9 Å². The molecule has 7 nitrogen and oxygen atoms in total. The lowest BCUT2D eigenvalue weighted by Crippen LogP contribution is -2.28. The molecule has 4 rings (SSSR count). The zero-order valence-corrected chi connectivity index (χ0v) is 15.5. The van der Waals surface area contributed by atoms with Gasteiger partial charge in [0, 0.05) is 30.8 Å². The summed E-state index contributed by atoms with van der Waals surface area (Å²) >= 11 is 0. The standard InChI is InChI=1S/C21H20N4O3/c1-14-22-21(28-24-14)16-7-9-18(10-8-16)23-20(27)17-11-19(26)25(13-17)12-15-5-3-2-4-6-15/h2-10,17H,11-13H2,1H3,(H,23,27). The van der Waals surface area contributed by atoms with E-state index in [1.165, 1.54) is 0 Å². The van der Waals surface area contributed by atoms with E-state index in [9.17, 15) is 9.59 Å². The van der Waals surface area contributed by atoms with Crippen LogP contribution < -0.4 is 5.32 Å². The molecule has 142 valence electrons. The van der Waals surface area contributed by atoms with Gasteiger partial charge in [-0.05, 0) is 36.8 Å². The molecule has 1 aliphatic rings. The molecule has 0 bridgehead atoms. The van der Waals surface area contributed by atoms with E-state index in [4.69, 9.17) is 4.52 Å². The second-order valence-electron chi connectivity index (χ2n) is 6.87. The number of rotatable bonds is 5. The first-order valence-electron chi connectivity index (χ1n) is 9.12. The highest BCUT2D eigenvalue weighted by Crippen LogP contribution is 2.23. The van der Waals surface area contributed by atoms with Crippen LogP contribution in [-0.4, -0.2) is 33.4 Å². The van der Waals surface area contributed by atoms with E-state index >= 15 is 0 Å². The summed E-state index contributed by atoms with van der Waals surface area (Å²) in [7, 11) is 0. The molecule has 1 aromatic heterocycles. The van der Waals surface area contributed by atoms with Gasteiger partial charge >= 0.3 is 0 Å². The number of carbonyl (C=O) groups excluding carboxylic acids is 2. The van der Waals surface area contributed by atoms with E-state index in [2.05, 4.69) is 15.5 Å². The first kappa shape index (κ1) is 17.9. The van der Waals surface area contributed by atoms with E-state index in [0.29, 0.717) is 30.5 Å². The molecule has 0 spiro atoms. The van der Waals surface area contributed by atoms with Crippen molar-refractivity contribution in [3.05, 3.63) is 66.0 Å². The molecule has 2 amide bonds. The Labute approximate surface area is 162 Å². The molecule has 1 atom stereocenters. The molecule has 0 saturated carbocycles. The predicted octanol–water partition coefficient (Wildman–Crippen LogP) is 3.03. The Balaban J connectivity index is 1.36. The average molecular weight is 376 g/mol. The summed E-state index contributed by atoms with van der Waals surface area (Å²) in [6.45, 7) is 2.71. The van der Waals surface area contributed by atoms with Gasteiger partial charge in [-0.3, -0.25) is 9.59 Å². The van der Waals surface area contributed by atoms with Crippen LogP contribution in [0.3, 0.4) is 0 Å². The molecule has 2 aromatic carbocycles. The third-order valence-electron chi connectivity index (χ3n) is 4.73. The van der Waals surface area contributed by atoms with Crippen molar-refractivity contribution in [2.24, 2.45) is 5.92 Å². The van der Waals surface area contributed by atoms with Crippen molar-refractivity contribution < 1.29 is 14.1 Å². The third-order valence-corrected chi connectivity index (χ3v) is 4.73. The lowest BCUT2D eigenvalue weighted by molar-refractivity contribution is -0.128. The fraction of sp³-hybridized carbons (Fsp3) is 0.238. The van der Waals surface area contributed by atoms with Crippen LogP contribution in [0.4, 0.5) is 5.69 Å². The highest BCUT2D eigenvalue weighted by atomic mass is 16.5. The topological polar surface area (TPSA) is 88.3 Å². The van der Waals surface area contributed by atoms with Crippen LogP contribution in [-0.2, 0) is 16.1 Å². The van der Waals surface area contributed by atoms with E-state index in [1.807, 2.05) is 42.5 Å². The van der Waals surface area contributed by atoms with Crippen LogP contribution in [0.15, 0.2) is 59.1 Å². The van der Waals surface area contributed by atoms with Crippen molar-refractivity contribution in [1.82, 2.24) is 15.0 Å². The second kappa shape index (κ2) is 7.64. The molecule has 1 saturated heterocycles. The number of aromatic nitrogens is 2. The first-order valence-corrected chi connectivity index (χ1v) is 9.12. The minimum absolute atomic E-state index is 0.00566. The molecule has 1 unspecified atom stereocenters. The first-order chi connectivity index (χ1) is 13.6. The maximum absolute atomic E-state index is 12.6. The Morgan fingerprint density at radius 2 is 1.93 bits per heavy atom. The monoisotopic (exact) mass is 376 g/mol. The minimum atomic E-state index is -0.352. The largest absolute Gasteiger partial charge is 0.338 e. The number of aryl methyl sites for hydroxylation is 1. The van der Waals surface area contributed by atoms with Gasteiger partial charge in [-0.2, -0.15) is 4.98 Å². The highest BCUT2D eigenvalue weighted by molar-refractivity contribution is 5.97. The molecule has 7 heteroatoms. The lowest BCUT2D eigenvalue weighted by Gasteiger charge is -2.16. The highest BCUT2D eigenvalue weighted by Gasteiger charge is 2.34. The number of anilines is 1. The number of hydrogen-bond acceptors (Lipinski definition) is 5. The summed E-state index contributed by atoms with van der Waals surface area (Å²) in [6, 6.07) is 17.0. The van der Waals surface area contributed by atoms with E-state index < -0.39 is 0 Å². The van der Waals surface area contributed by atoms with Gasteiger partial charge in [-0.15, -0.1) is 0 Å². The Kier molecular flexibility index (Phi) is 4.89. The summed E-state index contributed by atoms with van der Waals surface area (Å²) in [5.74, 6) is 0.512. The smallest absolute Gasteiger partial charge is 0.257 e. The second-order valence-corrected chi connectivity index (χ2v) is 6.87. The number of nitrogens with zero attached hydrogens (tertiary/aromatic N) is 3. The van der Waals surface area contributed by atoms with Crippen LogP contribution in [0.2, 0.25) is 0 Å². The van der Waals surface area contributed by atoms with Gasteiger partial charge in [0.2, 0.25) is 11.8 Å². The fourth-order valence-electron chi connectivity index (χ4n) is 3.26. The molecule has 0 aliphatic carbocycles. The maximum atomic E-state index is 12.6. The summed E-state index contributed by atoms with van der Waals surface area (Å²) in [5.41, 5.74) is 2.51. The molecule has 28 heavy (non-hydrogen) atoms. The summed E-state index contributed by atoms with van der Waals surface area (Å²) in [4.78, 5) is 30.8. The fourth-order valence-corrected chi connectivity index (χ4v) is 3.26. The molecule has 2 heterocycles. The van der Waals surface area contributed by atoms with Gasteiger partial charge in [-0.25, -0.2) is 0 Å². The Hall–Kier alpha value is -3.48. The van der Waals surface area contributed by atoms with Gasteiger partial charge in [0.25, 0.3) is 5.89 Å². The van der Waals surface area contributed by atoms with Crippen molar-refractivity contribution in [2.75, 3.05) is 11.9 Å². The Bertz CT molecular complexity index is 982. The average Bonchev–Trinajstić information content (AvgIpc) is 3.29. The number of benzene rings is 2. The van der Waals surface area contributed by atoms with Crippen LogP contribution in [0.5, 0.6) is 0 Å². The van der Waals surface area contributed by atoms with Crippen molar-refractivity contribution >= 4 is 17.5 Å². The summed E-state index contributed by atoms with van der Waals surface area (Å²) < 4.78 is 5.13. The number of likely N-dealkylation sites (tertiary alicyclic amines) is 1. The minimum Gasteiger partial charge on any atom is -0.338 e. The Morgan fingerprint density at radius 1 is 1.18 bits per heavy atom. The van der Waals surface area contributed by atoms with Gasteiger partial charge in [0.1, 0.15) is 0 Å².